The van der Waals surface area contributed by atoms with Crippen molar-refractivity contribution in [2.75, 3.05) is 19.0 Å². The molecule has 1 aliphatic rings. The van der Waals surface area contributed by atoms with Gasteiger partial charge >= 0.3 is 5.97 Å². The number of nitrogens with one attached hydrogen (secondary N) is 1. The highest BCUT2D eigenvalue weighted by atomic mass is 127. The van der Waals surface area contributed by atoms with E-state index in [4.69, 9.17) is 19.0 Å². The van der Waals surface area contributed by atoms with Gasteiger partial charge in [0.15, 0.2) is 9.39 Å². The molecule has 10 heteroatoms. The van der Waals surface area contributed by atoms with Crippen molar-refractivity contribution in [2.45, 2.75) is 33.7 Å². The maximum Gasteiger partial charge on any atom is 0.329 e. The third kappa shape index (κ3) is 6.72. The SMILES string of the molecule is CCCCc1oc2ccc(NC(=O)c3ccc(OC)cc3)cc2c1C(=O)C1=CC(I)C(I)(OCC(=O)O)C=C1. The van der Waals surface area contributed by atoms with Gasteiger partial charge in [0.2, 0.25) is 0 Å². The number of carboxylic acid groups (broad SMARTS) is 1. The zero-order valence-corrected chi connectivity index (χ0v) is 25.6. The molecule has 2 N–H and O–H groups in total. The normalized spacial score (nSPS) is 18.6. The van der Waals surface area contributed by atoms with Crippen LogP contribution in [0.25, 0.3) is 11.0 Å². The van der Waals surface area contributed by atoms with E-state index in [1.54, 1.807) is 67.8 Å². The average molecular weight is 755 g/mol. The number of aliphatic carboxylic acids is 1. The third-order valence-electron chi connectivity index (χ3n) is 6.23. The van der Waals surface area contributed by atoms with Gasteiger partial charge in [-0.15, -0.1) is 0 Å². The van der Waals surface area contributed by atoms with Crippen molar-refractivity contribution in [3.63, 3.8) is 0 Å². The molecule has 1 aliphatic carbocycles. The molecule has 0 bridgehead atoms. The summed E-state index contributed by atoms with van der Waals surface area (Å²) in [5.41, 5.74) is 2.50. The number of hydrogen-bond acceptors (Lipinski definition) is 6. The minimum absolute atomic E-state index is 0.201. The Hall–Kier alpha value is -2.71. The standard InChI is InChI=1S/C29H27I2NO7/c1-3-4-5-23-26(27(35)18-12-13-29(31,24(30)14-18)38-16-25(33)34)21-15-19(8-11-22(21)39-23)32-28(36)17-6-9-20(37-2)10-7-17/h6-15,24H,3-5,16H2,1-2H3,(H,32,36)(H,33,34). The number of furan rings is 1. The number of Topliss-reactive ketones (excluding diaryl/α,β-unsaturated/α-hetero) is 1. The van der Waals surface area contributed by atoms with Crippen LogP contribution in [0.5, 0.6) is 5.75 Å². The average Bonchev–Trinajstić information content (AvgIpc) is 3.29. The van der Waals surface area contributed by atoms with Crippen LogP contribution in [-0.4, -0.2) is 44.0 Å². The summed E-state index contributed by atoms with van der Waals surface area (Å²) < 4.78 is 15.7. The van der Waals surface area contributed by atoms with Crippen LogP contribution in [0, 0.1) is 0 Å². The van der Waals surface area contributed by atoms with Gasteiger partial charge in [-0.1, -0.05) is 48.1 Å². The van der Waals surface area contributed by atoms with E-state index < -0.39 is 16.2 Å². The second kappa shape index (κ2) is 12.6. The molecule has 4 rings (SSSR count). The molecule has 0 saturated heterocycles. The number of methoxy groups -OCH3 is 1. The van der Waals surface area contributed by atoms with E-state index in [9.17, 15) is 14.4 Å². The van der Waals surface area contributed by atoms with E-state index >= 15 is 0 Å². The summed E-state index contributed by atoms with van der Waals surface area (Å²) in [6.45, 7) is 1.63. The molecule has 1 amide bonds. The molecule has 39 heavy (non-hydrogen) atoms. The molecule has 0 aliphatic heterocycles. The molecule has 204 valence electrons. The number of carbonyl (C=O) groups excluding carboxylic acids is 2. The molecule has 3 aromatic rings. The summed E-state index contributed by atoms with van der Waals surface area (Å²) in [6, 6.07) is 12.1. The van der Waals surface area contributed by atoms with Crippen LogP contribution in [-0.2, 0) is 16.0 Å². The van der Waals surface area contributed by atoms with Gasteiger partial charge in [0.1, 0.15) is 23.7 Å². The van der Waals surface area contributed by atoms with E-state index in [1.807, 2.05) is 0 Å². The highest BCUT2D eigenvalue weighted by molar-refractivity contribution is 14.1. The number of hydrogen-bond donors (Lipinski definition) is 2. The Balaban J connectivity index is 1.65. The van der Waals surface area contributed by atoms with Gasteiger partial charge in [-0.3, -0.25) is 9.59 Å². The number of aryl methyl sites for hydroxylation is 1. The number of carboxylic acids is 1. The van der Waals surface area contributed by atoms with E-state index in [-0.39, 0.29) is 15.6 Å². The molecule has 0 radical (unpaired) electrons. The Morgan fingerprint density at radius 1 is 1.15 bits per heavy atom. The Kier molecular flexibility index (Phi) is 9.49. The van der Waals surface area contributed by atoms with Gasteiger partial charge in [0, 0.05) is 28.6 Å². The highest BCUT2D eigenvalue weighted by Crippen LogP contribution is 2.39. The van der Waals surface area contributed by atoms with Gasteiger partial charge in [-0.2, -0.15) is 0 Å². The molecular weight excluding hydrogens is 728 g/mol. The molecule has 0 spiro atoms. The number of benzene rings is 2. The van der Waals surface area contributed by atoms with Crippen molar-refractivity contribution in [1.82, 2.24) is 0 Å². The van der Waals surface area contributed by atoms with Crippen molar-refractivity contribution >= 4 is 79.5 Å². The van der Waals surface area contributed by atoms with Crippen molar-refractivity contribution in [3.05, 3.63) is 83.2 Å². The summed E-state index contributed by atoms with van der Waals surface area (Å²) >= 11 is 4.20. The van der Waals surface area contributed by atoms with Crippen LogP contribution >= 0.6 is 45.2 Å². The number of fused-ring (bicyclic) bond motifs is 1. The first-order chi connectivity index (χ1) is 18.6. The molecule has 2 unspecified atom stereocenters. The van der Waals surface area contributed by atoms with Crippen LogP contribution in [0.15, 0.2) is 70.7 Å². The van der Waals surface area contributed by atoms with Crippen LogP contribution in [0.3, 0.4) is 0 Å². The minimum atomic E-state index is -1.06. The number of allylic oxidation sites excluding steroid dienone is 2. The van der Waals surface area contributed by atoms with E-state index in [1.165, 1.54) is 0 Å². The lowest BCUT2D eigenvalue weighted by molar-refractivity contribution is -0.143. The summed E-state index contributed by atoms with van der Waals surface area (Å²) in [7, 11) is 1.56. The van der Waals surface area contributed by atoms with Crippen LogP contribution in [0.2, 0.25) is 0 Å². The first-order valence-electron chi connectivity index (χ1n) is 12.3. The predicted octanol–water partition coefficient (Wildman–Crippen LogP) is 6.75. The van der Waals surface area contributed by atoms with Crippen molar-refractivity contribution < 1.29 is 33.4 Å². The molecule has 1 aromatic heterocycles. The Morgan fingerprint density at radius 2 is 1.90 bits per heavy atom. The quantitative estimate of drug-likeness (QED) is 0.127. The lowest BCUT2D eigenvalue weighted by Gasteiger charge is -2.30. The van der Waals surface area contributed by atoms with E-state index in [0.29, 0.717) is 51.3 Å². The van der Waals surface area contributed by atoms with Gasteiger partial charge in [0.05, 0.1) is 16.6 Å². The first kappa shape index (κ1) is 29.3. The number of ether oxygens (including phenoxy) is 2. The van der Waals surface area contributed by atoms with Gasteiger partial charge in [-0.05, 0) is 77.6 Å². The Bertz CT molecular complexity index is 1460. The Labute approximate surface area is 253 Å². The zero-order valence-electron chi connectivity index (χ0n) is 21.3. The van der Waals surface area contributed by atoms with Crippen LogP contribution in [0.1, 0.15) is 46.2 Å². The number of ketones is 1. The summed E-state index contributed by atoms with van der Waals surface area (Å²) in [5, 5.41) is 12.5. The lowest BCUT2D eigenvalue weighted by atomic mass is 9.94. The minimum Gasteiger partial charge on any atom is -0.497 e. The van der Waals surface area contributed by atoms with E-state index in [0.717, 1.165) is 12.8 Å². The fourth-order valence-electron chi connectivity index (χ4n) is 4.15. The fraction of sp³-hybridized carbons (Fsp3) is 0.276. The zero-order chi connectivity index (χ0) is 28.2. The number of rotatable bonds is 11. The topological polar surface area (TPSA) is 115 Å². The second-order valence-electron chi connectivity index (χ2n) is 8.96. The molecule has 2 aromatic carbocycles. The molecule has 2 atom stereocenters. The largest absolute Gasteiger partial charge is 0.497 e. The molecule has 0 fully saturated rings. The summed E-state index contributed by atoms with van der Waals surface area (Å²) in [5.74, 6) is -0.294. The number of amides is 1. The number of carbonyl (C=O) groups is 3. The van der Waals surface area contributed by atoms with Gasteiger partial charge in [-0.25, -0.2) is 4.79 Å². The van der Waals surface area contributed by atoms with Gasteiger partial charge in [0.25, 0.3) is 5.91 Å². The third-order valence-corrected chi connectivity index (χ3v) is 10.0. The Morgan fingerprint density at radius 3 is 2.54 bits per heavy atom. The van der Waals surface area contributed by atoms with Crippen molar-refractivity contribution in [2.24, 2.45) is 0 Å². The maximum absolute atomic E-state index is 13.9. The van der Waals surface area contributed by atoms with Crippen molar-refractivity contribution in [3.8, 4) is 5.75 Å². The fourth-order valence-corrected chi connectivity index (χ4v) is 5.44. The monoisotopic (exact) mass is 755 g/mol. The first-order valence-corrected chi connectivity index (χ1v) is 14.6. The summed E-state index contributed by atoms with van der Waals surface area (Å²) in [6.07, 6.45) is 7.56. The number of halogens is 2. The number of anilines is 1. The van der Waals surface area contributed by atoms with Crippen molar-refractivity contribution in [1.29, 1.82) is 0 Å². The molecule has 8 nitrogen and oxygen atoms in total. The predicted molar refractivity (Wildman–Crippen MR) is 165 cm³/mol. The second-order valence-corrected chi connectivity index (χ2v) is 12.0. The molecular formula is C29H27I2NO7. The molecule has 1 heterocycles. The lowest BCUT2D eigenvalue weighted by Crippen LogP contribution is -2.36. The summed E-state index contributed by atoms with van der Waals surface area (Å²) in [4.78, 5) is 37.7. The number of unbranched alkanes of at least 4 members (excludes halogenated alkanes) is 1. The highest BCUT2D eigenvalue weighted by Gasteiger charge is 2.37. The molecule has 0 saturated carbocycles. The smallest absolute Gasteiger partial charge is 0.329 e. The van der Waals surface area contributed by atoms with Crippen LogP contribution < -0.4 is 10.1 Å². The van der Waals surface area contributed by atoms with Crippen LogP contribution in [0.4, 0.5) is 5.69 Å². The number of alkyl halides is 2. The maximum atomic E-state index is 13.9. The van der Waals surface area contributed by atoms with E-state index in [2.05, 4.69) is 57.4 Å². The van der Waals surface area contributed by atoms with Gasteiger partial charge < -0.3 is 24.3 Å².